The van der Waals surface area contributed by atoms with Crippen LogP contribution >= 0.6 is 0 Å². The van der Waals surface area contributed by atoms with Crippen LogP contribution in [0.4, 0.5) is 5.69 Å². The van der Waals surface area contributed by atoms with Crippen LogP contribution in [0, 0.1) is 6.92 Å². The minimum atomic E-state index is -1.07. The zero-order valence-corrected chi connectivity index (χ0v) is 11.8. The van der Waals surface area contributed by atoms with E-state index in [4.69, 9.17) is 9.84 Å². The number of nitrogens with zero attached hydrogens (tertiary/aromatic N) is 1. The van der Waals surface area contributed by atoms with Crippen molar-refractivity contribution >= 4 is 17.6 Å². The second-order valence-corrected chi connectivity index (χ2v) is 4.58. The van der Waals surface area contributed by atoms with E-state index >= 15 is 0 Å². The Morgan fingerprint density at radius 3 is 2.76 bits per heavy atom. The van der Waals surface area contributed by atoms with Crippen molar-refractivity contribution in [1.29, 1.82) is 0 Å². The summed E-state index contributed by atoms with van der Waals surface area (Å²) in [6.07, 6.45) is 1.55. The van der Waals surface area contributed by atoms with Gasteiger partial charge in [-0.25, -0.2) is 4.79 Å². The average Bonchev–Trinajstić information content (AvgIpc) is 2.87. The Labute approximate surface area is 122 Å². The normalized spacial score (nSPS) is 10.2. The molecule has 1 aromatic heterocycles. The highest BCUT2D eigenvalue weighted by Gasteiger charge is 2.13. The summed E-state index contributed by atoms with van der Waals surface area (Å²) in [6, 6.07) is 8.48. The maximum atomic E-state index is 12.1. The number of carboxylic acid groups (broad SMARTS) is 1. The largest absolute Gasteiger partial charge is 0.495 e. The Balaban J connectivity index is 2.13. The molecule has 0 spiro atoms. The van der Waals surface area contributed by atoms with Crippen LogP contribution in [0.5, 0.6) is 5.75 Å². The van der Waals surface area contributed by atoms with Crippen molar-refractivity contribution in [3.05, 3.63) is 47.8 Å². The van der Waals surface area contributed by atoms with Crippen LogP contribution in [-0.4, -0.2) is 28.7 Å². The van der Waals surface area contributed by atoms with E-state index in [0.717, 1.165) is 5.56 Å². The molecule has 21 heavy (non-hydrogen) atoms. The van der Waals surface area contributed by atoms with Crippen molar-refractivity contribution in [2.75, 3.05) is 12.4 Å². The molecule has 0 aliphatic carbocycles. The van der Waals surface area contributed by atoms with Gasteiger partial charge in [-0.15, -0.1) is 0 Å². The first-order chi connectivity index (χ1) is 10.0. The van der Waals surface area contributed by atoms with Crippen molar-refractivity contribution in [2.24, 2.45) is 0 Å². The van der Waals surface area contributed by atoms with E-state index in [1.165, 1.54) is 17.7 Å². The lowest BCUT2D eigenvalue weighted by atomic mass is 10.2. The molecular weight excluding hydrogens is 272 g/mol. The number of hydrogen-bond donors (Lipinski definition) is 2. The standard InChI is InChI=1S/C15H16N2O4/c1-10-5-6-13(21-2)11(8-10)16-14(18)9-17-7-3-4-12(17)15(19)20/h3-8H,9H2,1-2H3,(H,16,18)(H,19,20). The molecule has 1 heterocycles. The number of ether oxygens (including phenoxy) is 1. The van der Waals surface area contributed by atoms with Crippen molar-refractivity contribution in [1.82, 2.24) is 4.57 Å². The predicted octanol–water partition coefficient (Wildman–Crippen LogP) is 2.14. The molecule has 2 rings (SSSR count). The smallest absolute Gasteiger partial charge is 0.352 e. The Bertz CT molecular complexity index is 676. The molecule has 1 aromatic carbocycles. The third-order valence-electron chi connectivity index (χ3n) is 2.99. The zero-order valence-electron chi connectivity index (χ0n) is 11.8. The summed E-state index contributed by atoms with van der Waals surface area (Å²) in [7, 11) is 1.52. The average molecular weight is 288 g/mol. The number of rotatable bonds is 5. The highest BCUT2D eigenvalue weighted by atomic mass is 16.5. The van der Waals surface area contributed by atoms with Crippen LogP contribution in [0.3, 0.4) is 0 Å². The van der Waals surface area contributed by atoms with Gasteiger partial charge in [0, 0.05) is 6.20 Å². The fourth-order valence-electron chi connectivity index (χ4n) is 2.01. The quantitative estimate of drug-likeness (QED) is 0.883. The van der Waals surface area contributed by atoms with Crippen LogP contribution in [0.1, 0.15) is 16.1 Å². The summed E-state index contributed by atoms with van der Waals surface area (Å²) in [5.41, 5.74) is 1.62. The number of benzene rings is 1. The topological polar surface area (TPSA) is 80.6 Å². The minimum Gasteiger partial charge on any atom is -0.495 e. The molecule has 6 heteroatoms. The van der Waals surface area contributed by atoms with Crippen LogP contribution in [0.15, 0.2) is 36.5 Å². The molecule has 0 unspecified atom stereocenters. The number of nitrogens with one attached hydrogen (secondary N) is 1. The van der Waals surface area contributed by atoms with Gasteiger partial charge in [0.2, 0.25) is 5.91 Å². The van der Waals surface area contributed by atoms with Gasteiger partial charge in [-0.05, 0) is 36.8 Å². The SMILES string of the molecule is COc1ccc(C)cc1NC(=O)Cn1cccc1C(=O)O. The van der Waals surface area contributed by atoms with E-state index in [1.807, 2.05) is 13.0 Å². The number of methoxy groups -OCH3 is 1. The van der Waals surface area contributed by atoms with Gasteiger partial charge in [-0.3, -0.25) is 4.79 Å². The van der Waals surface area contributed by atoms with Crippen LogP contribution in [0.25, 0.3) is 0 Å². The maximum absolute atomic E-state index is 12.1. The number of anilines is 1. The molecule has 1 amide bonds. The van der Waals surface area contributed by atoms with Gasteiger partial charge >= 0.3 is 5.97 Å². The molecule has 110 valence electrons. The number of carbonyl (C=O) groups is 2. The lowest BCUT2D eigenvalue weighted by Gasteiger charge is -2.12. The van der Waals surface area contributed by atoms with E-state index in [1.54, 1.807) is 24.4 Å². The molecule has 0 aliphatic heterocycles. The third kappa shape index (κ3) is 3.42. The molecule has 0 bridgehead atoms. The summed E-state index contributed by atoms with van der Waals surface area (Å²) in [6.45, 7) is 1.83. The fourth-order valence-corrected chi connectivity index (χ4v) is 2.01. The van der Waals surface area contributed by atoms with Gasteiger partial charge in [0.15, 0.2) is 0 Å². The fraction of sp³-hybridized carbons (Fsp3) is 0.200. The van der Waals surface area contributed by atoms with Gasteiger partial charge in [0.1, 0.15) is 18.0 Å². The van der Waals surface area contributed by atoms with Crippen molar-refractivity contribution in [2.45, 2.75) is 13.5 Å². The third-order valence-corrected chi connectivity index (χ3v) is 2.99. The van der Waals surface area contributed by atoms with Crippen LogP contribution in [-0.2, 0) is 11.3 Å². The van der Waals surface area contributed by atoms with Gasteiger partial charge in [0.05, 0.1) is 12.8 Å². The predicted molar refractivity (Wildman–Crippen MR) is 77.8 cm³/mol. The summed E-state index contributed by atoms with van der Waals surface area (Å²) in [5, 5.41) is 11.7. The van der Waals surface area contributed by atoms with E-state index in [0.29, 0.717) is 11.4 Å². The Hall–Kier alpha value is -2.76. The summed E-state index contributed by atoms with van der Waals surface area (Å²) < 4.78 is 6.56. The number of carbonyl (C=O) groups excluding carboxylic acids is 1. The highest BCUT2D eigenvalue weighted by molar-refractivity contribution is 5.93. The number of amides is 1. The van der Waals surface area contributed by atoms with Gasteiger partial charge in [-0.1, -0.05) is 6.07 Å². The van der Waals surface area contributed by atoms with E-state index in [-0.39, 0.29) is 18.1 Å². The number of aromatic nitrogens is 1. The molecule has 6 nitrogen and oxygen atoms in total. The van der Waals surface area contributed by atoms with Crippen molar-refractivity contribution in [3.8, 4) is 5.75 Å². The van der Waals surface area contributed by atoms with E-state index < -0.39 is 5.97 Å². The van der Waals surface area contributed by atoms with Crippen LogP contribution < -0.4 is 10.1 Å². The first kappa shape index (κ1) is 14.6. The number of hydrogen-bond acceptors (Lipinski definition) is 3. The Morgan fingerprint density at radius 1 is 1.33 bits per heavy atom. The number of aryl methyl sites for hydroxylation is 1. The van der Waals surface area contributed by atoms with Gasteiger partial charge in [-0.2, -0.15) is 0 Å². The van der Waals surface area contributed by atoms with Crippen molar-refractivity contribution < 1.29 is 19.4 Å². The highest BCUT2D eigenvalue weighted by Crippen LogP contribution is 2.25. The molecule has 2 N–H and O–H groups in total. The zero-order chi connectivity index (χ0) is 15.4. The van der Waals surface area contributed by atoms with Crippen molar-refractivity contribution in [3.63, 3.8) is 0 Å². The molecule has 0 aliphatic rings. The lowest BCUT2D eigenvalue weighted by molar-refractivity contribution is -0.116. The van der Waals surface area contributed by atoms with Gasteiger partial charge < -0.3 is 19.7 Å². The second kappa shape index (κ2) is 6.13. The summed E-state index contributed by atoms with van der Waals surface area (Å²) in [5.74, 6) is -0.835. The van der Waals surface area contributed by atoms with E-state index in [9.17, 15) is 9.59 Å². The van der Waals surface area contributed by atoms with Gasteiger partial charge in [0.25, 0.3) is 0 Å². The molecular formula is C15H16N2O4. The maximum Gasteiger partial charge on any atom is 0.352 e. The number of carboxylic acids is 1. The Morgan fingerprint density at radius 2 is 2.10 bits per heavy atom. The number of aromatic carboxylic acids is 1. The Kier molecular flexibility index (Phi) is 4.27. The molecule has 2 aromatic rings. The minimum absolute atomic E-state index is 0.0707. The molecule has 0 atom stereocenters. The van der Waals surface area contributed by atoms with E-state index in [2.05, 4.69) is 5.32 Å². The first-order valence-electron chi connectivity index (χ1n) is 6.34. The monoisotopic (exact) mass is 288 g/mol. The molecule has 0 saturated carbocycles. The molecule has 0 saturated heterocycles. The summed E-state index contributed by atoms with van der Waals surface area (Å²) in [4.78, 5) is 23.0. The molecule has 0 fully saturated rings. The van der Waals surface area contributed by atoms with Crippen LogP contribution in [0.2, 0.25) is 0 Å². The molecule has 0 radical (unpaired) electrons. The summed E-state index contributed by atoms with van der Waals surface area (Å²) >= 11 is 0. The lowest BCUT2D eigenvalue weighted by Crippen LogP contribution is -2.21. The second-order valence-electron chi connectivity index (χ2n) is 4.58. The first-order valence-corrected chi connectivity index (χ1v) is 6.34.